The zero-order valence-electron chi connectivity index (χ0n) is 10.2. The summed E-state index contributed by atoms with van der Waals surface area (Å²) in [6.45, 7) is 1.80. The van der Waals surface area contributed by atoms with Crippen LogP contribution in [0.3, 0.4) is 0 Å². The van der Waals surface area contributed by atoms with E-state index < -0.39 is 10.2 Å². The largest absolute Gasteiger partial charge is 0.399 e. The lowest BCUT2D eigenvalue weighted by Gasteiger charge is -2.25. The van der Waals surface area contributed by atoms with Crippen LogP contribution in [0.5, 0.6) is 0 Å². The lowest BCUT2D eigenvalue weighted by atomic mass is 10.1. The summed E-state index contributed by atoms with van der Waals surface area (Å²) in [5.74, 6) is 0. The molecule has 2 N–H and O–H groups in total. The fourth-order valence-electron chi connectivity index (χ4n) is 2.66. The minimum absolute atomic E-state index is 0.525. The lowest BCUT2D eigenvalue weighted by molar-refractivity contribution is 0.474. The molecule has 6 heteroatoms. The van der Waals surface area contributed by atoms with Crippen molar-refractivity contribution in [2.75, 3.05) is 29.7 Å². The highest BCUT2D eigenvalue weighted by Gasteiger charge is 2.35. The highest BCUT2D eigenvalue weighted by molar-refractivity contribution is 7.90. The zero-order chi connectivity index (χ0) is 12.8. The second kappa shape index (κ2) is 4.13. The normalized spacial score (nSPS) is 20.3. The molecule has 1 fully saturated rings. The molecule has 2 aliphatic rings. The van der Waals surface area contributed by atoms with Crippen molar-refractivity contribution in [1.82, 2.24) is 4.31 Å². The molecule has 98 valence electrons. The average Bonchev–Trinajstić information content (AvgIpc) is 2.97. The van der Waals surface area contributed by atoms with E-state index in [0.717, 1.165) is 30.5 Å². The third kappa shape index (κ3) is 1.76. The fourth-order valence-corrected chi connectivity index (χ4v) is 4.40. The smallest absolute Gasteiger partial charge is 0.304 e. The second-order valence-corrected chi connectivity index (χ2v) is 6.68. The van der Waals surface area contributed by atoms with Gasteiger partial charge in [-0.3, -0.25) is 4.31 Å². The van der Waals surface area contributed by atoms with Crippen molar-refractivity contribution in [2.45, 2.75) is 19.3 Å². The highest BCUT2D eigenvalue weighted by atomic mass is 32.2. The second-order valence-electron chi connectivity index (χ2n) is 4.82. The molecule has 3 rings (SSSR count). The van der Waals surface area contributed by atoms with E-state index in [2.05, 4.69) is 0 Å². The summed E-state index contributed by atoms with van der Waals surface area (Å²) < 4.78 is 28.1. The first kappa shape index (κ1) is 11.8. The van der Waals surface area contributed by atoms with Gasteiger partial charge in [0.05, 0.1) is 5.69 Å². The first-order valence-corrected chi connectivity index (χ1v) is 7.65. The summed E-state index contributed by atoms with van der Waals surface area (Å²) in [5.41, 5.74) is 8.18. The van der Waals surface area contributed by atoms with E-state index in [-0.39, 0.29) is 0 Å². The van der Waals surface area contributed by atoms with E-state index in [9.17, 15) is 8.42 Å². The monoisotopic (exact) mass is 267 g/mol. The Morgan fingerprint density at radius 3 is 2.56 bits per heavy atom. The van der Waals surface area contributed by atoms with Crippen LogP contribution in [0.2, 0.25) is 0 Å². The van der Waals surface area contributed by atoms with E-state index in [1.54, 1.807) is 10.4 Å². The Morgan fingerprint density at radius 2 is 1.83 bits per heavy atom. The van der Waals surface area contributed by atoms with Gasteiger partial charge in [0, 0.05) is 25.3 Å². The molecule has 0 aromatic heterocycles. The molecule has 18 heavy (non-hydrogen) atoms. The number of benzene rings is 1. The van der Waals surface area contributed by atoms with Crippen LogP contribution in [0.4, 0.5) is 11.4 Å². The molecule has 2 heterocycles. The van der Waals surface area contributed by atoms with Crippen LogP contribution < -0.4 is 10.0 Å². The lowest BCUT2D eigenvalue weighted by Crippen LogP contribution is -2.41. The summed E-state index contributed by atoms with van der Waals surface area (Å²) in [7, 11) is -3.36. The summed E-state index contributed by atoms with van der Waals surface area (Å²) in [6, 6.07) is 5.50. The van der Waals surface area contributed by atoms with Crippen LogP contribution in [0.15, 0.2) is 18.2 Å². The number of hydrogen-bond acceptors (Lipinski definition) is 3. The Morgan fingerprint density at radius 1 is 1.11 bits per heavy atom. The molecule has 0 aliphatic carbocycles. The van der Waals surface area contributed by atoms with Crippen molar-refractivity contribution in [1.29, 1.82) is 0 Å². The molecule has 1 aromatic carbocycles. The summed E-state index contributed by atoms with van der Waals surface area (Å²) in [4.78, 5) is 0. The van der Waals surface area contributed by atoms with E-state index in [4.69, 9.17) is 5.73 Å². The van der Waals surface area contributed by atoms with Gasteiger partial charge in [0.2, 0.25) is 0 Å². The van der Waals surface area contributed by atoms with E-state index in [1.807, 2.05) is 12.1 Å². The number of nitrogens with two attached hydrogens (primary N) is 1. The van der Waals surface area contributed by atoms with Gasteiger partial charge in [-0.25, -0.2) is 0 Å². The van der Waals surface area contributed by atoms with Gasteiger partial charge in [0.25, 0.3) is 0 Å². The Bertz CT molecular complexity index is 565. The Hall–Kier alpha value is -1.27. The molecule has 5 nitrogen and oxygen atoms in total. The molecule has 0 unspecified atom stereocenters. The van der Waals surface area contributed by atoms with Crippen molar-refractivity contribution in [3.63, 3.8) is 0 Å². The molecular weight excluding hydrogens is 250 g/mol. The number of fused-ring (bicyclic) bond motifs is 1. The van der Waals surface area contributed by atoms with Crippen molar-refractivity contribution >= 4 is 21.6 Å². The van der Waals surface area contributed by atoms with E-state index >= 15 is 0 Å². The number of nitrogens with zero attached hydrogens (tertiary/aromatic N) is 2. The maximum atomic E-state index is 12.5. The first-order chi connectivity index (χ1) is 8.59. The molecule has 0 atom stereocenters. The van der Waals surface area contributed by atoms with Gasteiger partial charge in [0.1, 0.15) is 0 Å². The van der Waals surface area contributed by atoms with Crippen molar-refractivity contribution < 1.29 is 8.42 Å². The zero-order valence-corrected chi connectivity index (χ0v) is 11.0. The average molecular weight is 267 g/mol. The van der Waals surface area contributed by atoms with Crippen LogP contribution in [0.25, 0.3) is 0 Å². The molecule has 1 aromatic rings. The van der Waals surface area contributed by atoms with Gasteiger partial charge in [-0.05, 0) is 37.0 Å². The van der Waals surface area contributed by atoms with Crippen molar-refractivity contribution in [3.05, 3.63) is 23.8 Å². The first-order valence-electron chi connectivity index (χ1n) is 6.25. The Labute approximate surface area is 107 Å². The predicted molar refractivity (Wildman–Crippen MR) is 71.6 cm³/mol. The molecule has 2 aliphatic heterocycles. The van der Waals surface area contributed by atoms with Gasteiger partial charge in [0.15, 0.2) is 0 Å². The van der Waals surface area contributed by atoms with Crippen LogP contribution in [0.1, 0.15) is 18.4 Å². The predicted octanol–water partition coefficient (Wildman–Crippen LogP) is 0.972. The molecule has 0 amide bonds. The molecular formula is C12H17N3O2S. The van der Waals surface area contributed by atoms with Gasteiger partial charge in [-0.1, -0.05) is 6.07 Å². The van der Waals surface area contributed by atoms with Gasteiger partial charge in [-0.15, -0.1) is 0 Å². The molecule has 0 bridgehead atoms. The minimum Gasteiger partial charge on any atom is -0.399 e. The van der Waals surface area contributed by atoms with E-state index in [0.29, 0.717) is 25.3 Å². The highest BCUT2D eigenvalue weighted by Crippen LogP contribution is 2.33. The molecule has 0 saturated carbocycles. The van der Waals surface area contributed by atoms with Gasteiger partial charge in [-0.2, -0.15) is 12.7 Å². The maximum Gasteiger partial charge on any atom is 0.304 e. The van der Waals surface area contributed by atoms with Crippen LogP contribution >= 0.6 is 0 Å². The maximum absolute atomic E-state index is 12.5. The Kier molecular flexibility index (Phi) is 2.71. The quantitative estimate of drug-likeness (QED) is 0.812. The topological polar surface area (TPSA) is 66.6 Å². The summed E-state index contributed by atoms with van der Waals surface area (Å²) >= 11 is 0. The van der Waals surface area contributed by atoms with Crippen LogP contribution in [0, 0.1) is 0 Å². The number of nitrogen functional groups attached to an aromatic ring is 1. The summed E-state index contributed by atoms with van der Waals surface area (Å²) in [5, 5.41) is 0. The van der Waals surface area contributed by atoms with Crippen molar-refractivity contribution in [3.8, 4) is 0 Å². The van der Waals surface area contributed by atoms with Crippen LogP contribution in [-0.2, 0) is 16.6 Å². The number of rotatable bonds is 2. The number of hydrogen-bond donors (Lipinski definition) is 1. The Balaban J connectivity index is 1.98. The van der Waals surface area contributed by atoms with Gasteiger partial charge >= 0.3 is 10.2 Å². The minimum atomic E-state index is -3.36. The standard InChI is InChI=1S/C12H17N3O2S/c13-11-4-3-10-5-8-15(12(10)9-11)18(16,17)14-6-1-2-7-14/h3-4,9H,1-2,5-8,13H2. The fraction of sp³-hybridized carbons (Fsp3) is 0.500. The van der Waals surface area contributed by atoms with E-state index in [1.165, 1.54) is 4.31 Å². The molecule has 1 saturated heterocycles. The van der Waals surface area contributed by atoms with Crippen molar-refractivity contribution in [2.24, 2.45) is 0 Å². The number of anilines is 2. The third-order valence-electron chi connectivity index (χ3n) is 3.63. The molecule has 0 radical (unpaired) electrons. The van der Waals surface area contributed by atoms with Crippen LogP contribution in [-0.4, -0.2) is 32.4 Å². The van der Waals surface area contributed by atoms with Gasteiger partial charge < -0.3 is 5.73 Å². The molecule has 0 spiro atoms. The summed E-state index contributed by atoms with van der Waals surface area (Å²) in [6.07, 6.45) is 2.68. The SMILES string of the molecule is Nc1ccc2c(c1)N(S(=O)(=O)N1CCCC1)CC2. The third-order valence-corrected chi connectivity index (χ3v) is 5.59.